The highest BCUT2D eigenvalue weighted by Gasteiger charge is 2.06. The monoisotopic (exact) mass is 286 g/mol. The summed E-state index contributed by atoms with van der Waals surface area (Å²) < 4.78 is 7.36. The molecule has 2 heterocycles. The number of ether oxygens (including phenoxy) is 1. The van der Waals surface area contributed by atoms with Gasteiger partial charge in [-0.15, -0.1) is 0 Å². The summed E-state index contributed by atoms with van der Waals surface area (Å²) in [7, 11) is 0. The van der Waals surface area contributed by atoms with Crippen LogP contribution < -0.4 is 10.5 Å². The quantitative estimate of drug-likeness (QED) is 0.802. The summed E-state index contributed by atoms with van der Waals surface area (Å²) in [5.74, 6) is 1.57. The van der Waals surface area contributed by atoms with E-state index in [4.69, 9.17) is 22.1 Å². The van der Waals surface area contributed by atoms with Gasteiger partial charge in [0.15, 0.2) is 0 Å². The Bertz CT molecular complexity index is 727. The lowest BCUT2D eigenvalue weighted by molar-refractivity contribution is 0.463. The zero-order valence-electron chi connectivity index (χ0n) is 10.4. The second-order valence-electron chi connectivity index (χ2n) is 4.09. The van der Waals surface area contributed by atoms with Gasteiger partial charge in [-0.3, -0.25) is 0 Å². The Kier molecular flexibility index (Phi) is 3.26. The van der Waals surface area contributed by atoms with Crippen molar-refractivity contribution in [2.75, 3.05) is 5.73 Å². The molecule has 2 aromatic heterocycles. The normalized spacial score (nSPS) is 10.4. The Morgan fingerprint density at radius 1 is 1.15 bits per heavy atom. The highest BCUT2D eigenvalue weighted by atomic mass is 35.5. The number of halogens is 1. The molecule has 0 saturated heterocycles. The molecule has 6 heteroatoms. The first kappa shape index (κ1) is 12.5. The summed E-state index contributed by atoms with van der Waals surface area (Å²) >= 11 is 6.25. The van der Waals surface area contributed by atoms with Crippen molar-refractivity contribution < 1.29 is 4.74 Å². The number of hydrogen-bond donors (Lipinski definition) is 1. The third kappa shape index (κ3) is 2.57. The molecule has 0 saturated carbocycles. The first-order valence-electron chi connectivity index (χ1n) is 5.90. The predicted molar refractivity (Wildman–Crippen MR) is 77.3 cm³/mol. The van der Waals surface area contributed by atoms with Crippen molar-refractivity contribution in [3.8, 4) is 17.3 Å². The van der Waals surface area contributed by atoms with Gasteiger partial charge in [0.2, 0.25) is 5.88 Å². The number of anilines is 1. The minimum atomic E-state index is 0.440. The lowest BCUT2D eigenvalue weighted by Gasteiger charge is -2.08. The smallest absolute Gasteiger partial charge is 0.219 e. The highest BCUT2D eigenvalue weighted by molar-refractivity contribution is 6.32. The second-order valence-corrected chi connectivity index (χ2v) is 4.50. The molecule has 5 nitrogen and oxygen atoms in total. The largest absolute Gasteiger partial charge is 0.439 e. The summed E-state index contributed by atoms with van der Waals surface area (Å²) in [5.41, 5.74) is 6.37. The molecule has 0 spiro atoms. The topological polar surface area (TPSA) is 66.0 Å². The minimum Gasteiger partial charge on any atom is -0.439 e. The zero-order chi connectivity index (χ0) is 13.9. The van der Waals surface area contributed by atoms with Gasteiger partial charge in [-0.2, -0.15) is 0 Å². The summed E-state index contributed by atoms with van der Waals surface area (Å²) in [5, 5.41) is 0.538. The minimum absolute atomic E-state index is 0.440. The lowest BCUT2D eigenvalue weighted by atomic mass is 10.3. The maximum absolute atomic E-state index is 6.25. The summed E-state index contributed by atoms with van der Waals surface area (Å²) in [6, 6.07) is 10.8. The van der Waals surface area contributed by atoms with Gasteiger partial charge in [0.25, 0.3) is 0 Å². The van der Waals surface area contributed by atoms with Crippen molar-refractivity contribution in [2.24, 2.45) is 0 Å². The van der Waals surface area contributed by atoms with E-state index in [-0.39, 0.29) is 0 Å². The van der Waals surface area contributed by atoms with Gasteiger partial charge in [0.1, 0.15) is 17.9 Å². The number of nitrogens with zero attached hydrogens (tertiary/aromatic N) is 3. The number of nitrogens with two attached hydrogens (primary N) is 1. The number of rotatable bonds is 3. The van der Waals surface area contributed by atoms with Crippen LogP contribution in [0.4, 0.5) is 5.82 Å². The zero-order valence-corrected chi connectivity index (χ0v) is 11.2. The van der Waals surface area contributed by atoms with Gasteiger partial charge >= 0.3 is 0 Å². The summed E-state index contributed by atoms with van der Waals surface area (Å²) in [6.07, 6.45) is 4.97. The molecule has 0 unspecified atom stereocenters. The van der Waals surface area contributed by atoms with Crippen molar-refractivity contribution in [3.05, 3.63) is 60.1 Å². The molecule has 0 atom stereocenters. The Morgan fingerprint density at radius 2 is 2.05 bits per heavy atom. The van der Waals surface area contributed by atoms with Gasteiger partial charge < -0.3 is 15.0 Å². The fourth-order valence-electron chi connectivity index (χ4n) is 1.76. The predicted octanol–water partition coefficient (Wildman–Crippen LogP) is 3.30. The van der Waals surface area contributed by atoms with Gasteiger partial charge in [0, 0.05) is 18.3 Å². The first-order chi connectivity index (χ1) is 9.72. The molecule has 2 N–H and O–H groups in total. The van der Waals surface area contributed by atoms with Crippen LogP contribution in [0.2, 0.25) is 5.02 Å². The fourth-order valence-corrected chi connectivity index (χ4v) is 2.03. The van der Waals surface area contributed by atoms with Crippen LogP contribution in [0.15, 0.2) is 55.1 Å². The Balaban J connectivity index is 1.88. The molecule has 3 rings (SSSR count). The van der Waals surface area contributed by atoms with E-state index in [1.807, 2.05) is 24.3 Å². The molecule has 20 heavy (non-hydrogen) atoms. The van der Waals surface area contributed by atoms with E-state index in [0.717, 1.165) is 5.69 Å². The average Bonchev–Trinajstić information content (AvgIpc) is 2.86. The van der Waals surface area contributed by atoms with Crippen LogP contribution in [0.25, 0.3) is 5.69 Å². The fraction of sp³-hybridized carbons (Fsp3) is 0. The van der Waals surface area contributed by atoms with Crippen LogP contribution in [0.5, 0.6) is 11.6 Å². The molecule has 0 aliphatic carbocycles. The maximum atomic E-state index is 6.25. The van der Waals surface area contributed by atoms with Crippen LogP contribution in [-0.4, -0.2) is 14.5 Å². The molecule has 0 bridgehead atoms. The van der Waals surface area contributed by atoms with Crippen molar-refractivity contribution in [2.45, 2.75) is 0 Å². The summed E-state index contributed by atoms with van der Waals surface area (Å²) in [4.78, 5) is 8.06. The molecule has 100 valence electrons. The summed E-state index contributed by atoms with van der Waals surface area (Å²) in [6.45, 7) is 0. The van der Waals surface area contributed by atoms with E-state index >= 15 is 0 Å². The third-order valence-corrected chi connectivity index (χ3v) is 2.96. The third-order valence-electron chi connectivity index (χ3n) is 2.66. The number of benzene rings is 1. The van der Waals surface area contributed by atoms with Crippen molar-refractivity contribution in [1.82, 2.24) is 14.5 Å². The van der Waals surface area contributed by atoms with E-state index in [1.54, 1.807) is 35.4 Å². The van der Waals surface area contributed by atoms with Crippen LogP contribution in [0.3, 0.4) is 0 Å². The first-order valence-corrected chi connectivity index (χ1v) is 6.28. The van der Waals surface area contributed by atoms with E-state index in [1.165, 1.54) is 0 Å². The number of nitrogen functional groups attached to an aromatic ring is 1. The second kappa shape index (κ2) is 5.22. The lowest BCUT2D eigenvalue weighted by Crippen LogP contribution is -1.93. The van der Waals surface area contributed by atoms with Crippen LogP contribution >= 0.6 is 11.6 Å². The Labute approximate surface area is 120 Å². The van der Waals surface area contributed by atoms with E-state index in [2.05, 4.69) is 9.97 Å². The molecular weight excluding hydrogens is 276 g/mol. The highest BCUT2D eigenvalue weighted by Crippen LogP contribution is 2.28. The van der Waals surface area contributed by atoms with E-state index in [9.17, 15) is 0 Å². The van der Waals surface area contributed by atoms with Crippen LogP contribution in [0.1, 0.15) is 0 Å². The van der Waals surface area contributed by atoms with Crippen molar-refractivity contribution in [1.29, 1.82) is 0 Å². The molecule has 0 fully saturated rings. The van der Waals surface area contributed by atoms with Crippen LogP contribution in [-0.2, 0) is 0 Å². The van der Waals surface area contributed by atoms with Gasteiger partial charge in [-0.1, -0.05) is 17.7 Å². The van der Waals surface area contributed by atoms with Gasteiger partial charge in [-0.25, -0.2) is 9.97 Å². The molecule has 0 aliphatic rings. The Hall–Kier alpha value is -2.53. The van der Waals surface area contributed by atoms with E-state index in [0.29, 0.717) is 22.5 Å². The van der Waals surface area contributed by atoms with E-state index < -0.39 is 0 Å². The molecule has 0 amide bonds. The maximum Gasteiger partial charge on any atom is 0.219 e. The molecule has 0 radical (unpaired) electrons. The molecule has 1 aromatic carbocycles. The average molecular weight is 287 g/mol. The van der Waals surface area contributed by atoms with Crippen LogP contribution in [0, 0.1) is 0 Å². The molecule has 0 aliphatic heterocycles. The number of aromatic nitrogens is 3. The van der Waals surface area contributed by atoms with Gasteiger partial charge in [-0.05, 0) is 18.2 Å². The number of hydrogen-bond acceptors (Lipinski definition) is 4. The number of pyridine rings is 1. The Morgan fingerprint density at radius 3 is 2.70 bits per heavy atom. The standard InChI is InChI=1S/C14H11ClN4O/c15-11-7-10(20-14-3-1-2-6-17-14)4-5-12(11)19-8-13(16)18-9-19/h1-9H,16H2. The van der Waals surface area contributed by atoms with Crippen molar-refractivity contribution >= 4 is 17.4 Å². The van der Waals surface area contributed by atoms with Crippen molar-refractivity contribution in [3.63, 3.8) is 0 Å². The molecule has 3 aromatic rings. The molecular formula is C14H11ClN4O. The SMILES string of the molecule is Nc1cn(-c2ccc(Oc3ccccn3)cc2Cl)cn1. The number of imidazole rings is 1. The van der Waals surface area contributed by atoms with Gasteiger partial charge in [0.05, 0.1) is 16.9 Å².